The van der Waals surface area contributed by atoms with Crippen molar-refractivity contribution in [2.45, 2.75) is 18.1 Å². The van der Waals surface area contributed by atoms with E-state index in [1.54, 1.807) is 0 Å². The number of hydrogen-bond donors (Lipinski definition) is 0. The van der Waals surface area contributed by atoms with Crippen molar-refractivity contribution in [3.8, 4) is 0 Å². The van der Waals surface area contributed by atoms with Gasteiger partial charge < -0.3 is 4.23 Å². The molecule has 2 nitrogen and oxygen atoms in total. The Morgan fingerprint density at radius 1 is 1.07 bits per heavy atom. The molecular formula is C12H18N2Si. The molecule has 80 valence electrons. The average molecular weight is 218 g/mol. The summed E-state index contributed by atoms with van der Waals surface area (Å²) in [7, 11) is -1.62. The van der Waals surface area contributed by atoms with E-state index >= 15 is 0 Å². The van der Waals surface area contributed by atoms with Gasteiger partial charge in [0.2, 0.25) is 0 Å². The predicted molar refractivity (Wildman–Crippen MR) is 68.4 cm³/mol. The van der Waals surface area contributed by atoms with Crippen molar-refractivity contribution in [3.63, 3.8) is 0 Å². The van der Waals surface area contributed by atoms with Crippen molar-refractivity contribution >= 4 is 8.24 Å². The van der Waals surface area contributed by atoms with Crippen LogP contribution in [0.2, 0.25) is 18.1 Å². The fourth-order valence-electron chi connectivity index (χ4n) is 1.91. The Hall–Kier alpha value is -1.35. The van der Waals surface area contributed by atoms with E-state index < -0.39 is 8.24 Å². The normalized spacial score (nSPS) is 10.9. The minimum Gasteiger partial charge on any atom is -0.363 e. The molecule has 0 aliphatic carbocycles. The first-order chi connectivity index (χ1) is 7.29. The van der Waals surface area contributed by atoms with Crippen LogP contribution in [0.15, 0.2) is 56.7 Å². The molecule has 0 saturated carbocycles. The number of nitrogens with zero attached hydrogens (tertiary/aromatic N) is 2. The van der Waals surface area contributed by atoms with Crippen molar-refractivity contribution < 1.29 is 0 Å². The van der Waals surface area contributed by atoms with E-state index in [0.29, 0.717) is 0 Å². The summed E-state index contributed by atoms with van der Waals surface area (Å²) < 4.78 is 2.26. The first-order valence-corrected chi connectivity index (χ1v) is 7.67. The zero-order valence-electron chi connectivity index (χ0n) is 9.10. The maximum Gasteiger partial charge on any atom is 0.174 e. The minimum atomic E-state index is -1.62. The van der Waals surface area contributed by atoms with E-state index in [4.69, 9.17) is 0 Å². The molecule has 0 aliphatic rings. The third-order valence-electron chi connectivity index (χ3n) is 2.63. The van der Waals surface area contributed by atoms with Crippen LogP contribution in [0.3, 0.4) is 0 Å². The lowest BCUT2D eigenvalue weighted by atomic mass is 10.7. The van der Waals surface area contributed by atoms with Crippen molar-refractivity contribution in [2.24, 2.45) is 0 Å². The van der Waals surface area contributed by atoms with Gasteiger partial charge in [0.05, 0.1) is 6.33 Å². The van der Waals surface area contributed by atoms with Gasteiger partial charge in [0, 0.05) is 12.4 Å². The van der Waals surface area contributed by atoms with Gasteiger partial charge in [-0.05, 0) is 18.1 Å². The van der Waals surface area contributed by atoms with Crippen LogP contribution in [0, 0.1) is 0 Å². The van der Waals surface area contributed by atoms with Crippen LogP contribution in [0.1, 0.15) is 0 Å². The summed E-state index contributed by atoms with van der Waals surface area (Å²) in [6.45, 7) is 11.6. The van der Waals surface area contributed by atoms with Gasteiger partial charge in [-0.25, -0.2) is 4.98 Å². The molecule has 0 N–H and O–H groups in total. The highest BCUT2D eigenvalue weighted by Crippen LogP contribution is 2.24. The summed E-state index contributed by atoms with van der Waals surface area (Å²) in [4.78, 5) is 4.13. The van der Waals surface area contributed by atoms with Crippen LogP contribution < -0.4 is 0 Å². The Labute approximate surface area is 92.7 Å². The van der Waals surface area contributed by atoms with Crippen LogP contribution in [-0.4, -0.2) is 17.5 Å². The Morgan fingerprint density at radius 2 is 1.60 bits per heavy atom. The Bertz CT molecular complexity index is 301. The lowest BCUT2D eigenvalue weighted by molar-refractivity contribution is 1.06. The highest BCUT2D eigenvalue weighted by molar-refractivity contribution is 6.79. The third kappa shape index (κ3) is 2.56. The van der Waals surface area contributed by atoms with Gasteiger partial charge in [-0.15, -0.1) is 19.7 Å². The fraction of sp³-hybridized carbons (Fsp3) is 0.250. The van der Waals surface area contributed by atoms with E-state index in [0.717, 1.165) is 18.1 Å². The van der Waals surface area contributed by atoms with Crippen LogP contribution >= 0.6 is 0 Å². The SMILES string of the molecule is C=CC[Si](CC=C)(CC=C)n1ccnc1. The van der Waals surface area contributed by atoms with E-state index in [1.807, 2.05) is 36.9 Å². The highest BCUT2D eigenvalue weighted by Gasteiger charge is 2.31. The minimum absolute atomic E-state index is 1.03. The molecule has 0 aromatic carbocycles. The second-order valence-corrected chi connectivity index (χ2v) is 7.86. The van der Waals surface area contributed by atoms with Crippen molar-refractivity contribution in [1.82, 2.24) is 9.22 Å². The summed E-state index contributed by atoms with van der Waals surface area (Å²) >= 11 is 0. The summed E-state index contributed by atoms with van der Waals surface area (Å²) in [6, 6.07) is 3.09. The molecule has 1 aromatic heterocycles. The van der Waals surface area contributed by atoms with Crippen molar-refractivity contribution in [1.29, 1.82) is 0 Å². The molecule has 0 amide bonds. The second-order valence-electron chi connectivity index (χ2n) is 3.67. The smallest absolute Gasteiger partial charge is 0.174 e. The zero-order valence-corrected chi connectivity index (χ0v) is 10.1. The highest BCUT2D eigenvalue weighted by atomic mass is 28.3. The molecule has 1 rings (SSSR count). The summed E-state index contributed by atoms with van der Waals surface area (Å²) in [6.07, 6.45) is 11.8. The molecule has 0 saturated heterocycles. The molecule has 0 aliphatic heterocycles. The molecule has 3 heteroatoms. The molecule has 1 heterocycles. The van der Waals surface area contributed by atoms with Crippen LogP contribution in [-0.2, 0) is 0 Å². The average Bonchev–Trinajstić information content (AvgIpc) is 2.72. The Kier molecular flexibility index (Phi) is 4.30. The molecule has 15 heavy (non-hydrogen) atoms. The molecule has 0 fully saturated rings. The van der Waals surface area contributed by atoms with Crippen LogP contribution in [0.5, 0.6) is 0 Å². The maximum atomic E-state index is 4.13. The maximum absolute atomic E-state index is 4.13. The van der Waals surface area contributed by atoms with Crippen LogP contribution in [0.4, 0.5) is 0 Å². The van der Waals surface area contributed by atoms with Gasteiger partial charge in [0.15, 0.2) is 8.24 Å². The fourth-order valence-corrected chi connectivity index (χ4v) is 5.35. The molecular weight excluding hydrogens is 200 g/mol. The summed E-state index contributed by atoms with van der Waals surface area (Å²) in [5, 5.41) is 0. The van der Waals surface area contributed by atoms with E-state index in [9.17, 15) is 0 Å². The topological polar surface area (TPSA) is 17.8 Å². The quantitative estimate of drug-likeness (QED) is 0.507. The molecule has 0 atom stereocenters. The van der Waals surface area contributed by atoms with Crippen molar-refractivity contribution in [2.75, 3.05) is 0 Å². The van der Waals surface area contributed by atoms with Gasteiger partial charge in [-0.2, -0.15) is 0 Å². The standard InChI is InChI=1S/C12H18N2Si/c1-4-9-15(10-5-2,11-6-3)14-8-7-13-12-14/h4-8,12H,1-3,9-11H2. The number of allylic oxidation sites excluding steroid dienone is 3. The van der Waals surface area contributed by atoms with Crippen molar-refractivity contribution in [3.05, 3.63) is 56.7 Å². The first kappa shape index (κ1) is 11.7. The predicted octanol–water partition coefficient (Wildman–Crippen LogP) is 3.23. The largest absolute Gasteiger partial charge is 0.363 e. The van der Waals surface area contributed by atoms with E-state index in [1.165, 1.54) is 0 Å². The number of imidazole rings is 1. The lowest BCUT2D eigenvalue weighted by Gasteiger charge is -2.29. The molecule has 1 aromatic rings. The number of aromatic nitrogens is 2. The summed E-state index contributed by atoms with van der Waals surface area (Å²) in [5.74, 6) is 0. The van der Waals surface area contributed by atoms with Gasteiger partial charge in [-0.3, -0.25) is 0 Å². The van der Waals surface area contributed by atoms with E-state index in [-0.39, 0.29) is 0 Å². The zero-order chi connectivity index (χ0) is 11.1. The second kappa shape index (κ2) is 5.51. The van der Waals surface area contributed by atoms with E-state index in [2.05, 4.69) is 29.0 Å². The first-order valence-electron chi connectivity index (χ1n) is 5.10. The number of hydrogen-bond acceptors (Lipinski definition) is 1. The van der Waals surface area contributed by atoms with Gasteiger partial charge in [0.1, 0.15) is 0 Å². The molecule has 0 spiro atoms. The van der Waals surface area contributed by atoms with Gasteiger partial charge in [0.25, 0.3) is 0 Å². The number of rotatable bonds is 7. The molecule has 0 radical (unpaired) electrons. The third-order valence-corrected chi connectivity index (χ3v) is 7.13. The van der Waals surface area contributed by atoms with Gasteiger partial charge >= 0.3 is 0 Å². The van der Waals surface area contributed by atoms with Gasteiger partial charge in [-0.1, -0.05) is 18.2 Å². The van der Waals surface area contributed by atoms with Crippen LogP contribution in [0.25, 0.3) is 0 Å². The Balaban J connectivity index is 3.05. The lowest BCUT2D eigenvalue weighted by Crippen LogP contribution is -2.40. The Morgan fingerprint density at radius 3 is 1.93 bits per heavy atom. The molecule has 0 unspecified atom stereocenters. The molecule has 0 bridgehead atoms. The monoisotopic (exact) mass is 218 g/mol. The summed E-state index contributed by atoms with van der Waals surface area (Å²) in [5.41, 5.74) is 0.